The summed E-state index contributed by atoms with van der Waals surface area (Å²) in [5.41, 5.74) is 12.6. The molecule has 0 aliphatic heterocycles. The molecule has 7 aromatic rings. The second-order valence-corrected chi connectivity index (χ2v) is 13.2. The van der Waals surface area contributed by atoms with Gasteiger partial charge in [0.2, 0.25) is 0 Å². The Kier molecular flexibility index (Phi) is 8.87. The summed E-state index contributed by atoms with van der Waals surface area (Å²) in [4.78, 5) is 0. The van der Waals surface area contributed by atoms with Crippen LogP contribution in [-0.2, 0) is 0 Å². The van der Waals surface area contributed by atoms with Crippen molar-refractivity contribution in [2.75, 3.05) is 0 Å². The van der Waals surface area contributed by atoms with Gasteiger partial charge in [0.1, 0.15) is 0 Å². The minimum absolute atomic E-state index is 0.00356. The quantitative estimate of drug-likeness (QED) is 0.152. The molecule has 0 radical (unpaired) electrons. The summed E-state index contributed by atoms with van der Waals surface area (Å²) in [7, 11) is 0. The lowest BCUT2D eigenvalue weighted by Gasteiger charge is -2.35. The molecule has 1 unspecified atom stereocenters. The van der Waals surface area contributed by atoms with Crippen LogP contribution in [0.5, 0.6) is 0 Å². The van der Waals surface area contributed by atoms with E-state index >= 15 is 0 Å². The van der Waals surface area contributed by atoms with Crippen molar-refractivity contribution in [2.24, 2.45) is 5.92 Å². The molecule has 0 spiro atoms. The van der Waals surface area contributed by atoms with Crippen molar-refractivity contribution in [2.45, 2.75) is 17.8 Å². The molecular formula is C49H39N. The molecule has 240 valence electrons. The van der Waals surface area contributed by atoms with Crippen molar-refractivity contribution in [3.8, 4) is 0 Å². The lowest BCUT2D eigenvalue weighted by atomic mass is 9.68. The maximum absolute atomic E-state index is 10.1. The van der Waals surface area contributed by atoms with Crippen LogP contribution in [-0.4, -0.2) is 5.71 Å². The lowest BCUT2D eigenvalue weighted by molar-refractivity contribution is 0.710. The van der Waals surface area contributed by atoms with E-state index in [-0.39, 0.29) is 23.7 Å². The van der Waals surface area contributed by atoms with E-state index < -0.39 is 0 Å². The van der Waals surface area contributed by atoms with Gasteiger partial charge in [0.15, 0.2) is 0 Å². The summed E-state index contributed by atoms with van der Waals surface area (Å²) >= 11 is 0. The van der Waals surface area contributed by atoms with Crippen LogP contribution >= 0.6 is 0 Å². The SMILES string of the molecule is N=C1c2cc(C(c3ccccc3)c3ccccc3)ccc2C(C(c2ccccc2)c2ccccc2)=CC1C(c1ccccc1)c1ccccc1. The van der Waals surface area contributed by atoms with Gasteiger partial charge in [-0.25, -0.2) is 0 Å². The fraction of sp³-hybridized carbons (Fsp3) is 0.0816. The molecule has 0 bridgehead atoms. The molecule has 0 saturated heterocycles. The second-order valence-electron chi connectivity index (χ2n) is 13.2. The average molecular weight is 642 g/mol. The van der Waals surface area contributed by atoms with Crippen LogP contribution in [0.3, 0.4) is 0 Å². The van der Waals surface area contributed by atoms with Crippen LogP contribution in [0, 0.1) is 11.3 Å². The Labute approximate surface area is 295 Å². The third-order valence-corrected chi connectivity index (χ3v) is 10.2. The Hall–Kier alpha value is -6.05. The van der Waals surface area contributed by atoms with Gasteiger partial charge in [-0.2, -0.15) is 0 Å². The molecule has 0 saturated carbocycles. The summed E-state index contributed by atoms with van der Waals surface area (Å²) in [5, 5.41) is 10.1. The van der Waals surface area contributed by atoms with Crippen molar-refractivity contribution in [3.63, 3.8) is 0 Å². The van der Waals surface area contributed by atoms with Crippen LogP contribution in [0.2, 0.25) is 0 Å². The maximum Gasteiger partial charge on any atom is 0.0470 e. The largest absolute Gasteiger partial charge is 0.304 e. The lowest BCUT2D eigenvalue weighted by Crippen LogP contribution is -2.28. The van der Waals surface area contributed by atoms with Gasteiger partial charge in [0.25, 0.3) is 0 Å². The van der Waals surface area contributed by atoms with Gasteiger partial charge >= 0.3 is 0 Å². The van der Waals surface area contributed by atoms with E-state index in [1.807, 2.05) is 0 Å². The fourth-order valence-electron chi connectivity index (χ4n) is 7.92. The van der Waals surface area contributed by atoms with Gasteiger partial charge in [-0.3, -0.25) is 0 Å². The van der Waals surface area contributed by atoms with Crippen molar-refractivity contribution >= 4 is 11.3 Å². The predicted octanol–water partition coefficient (Wildman–Crippen LogP) is 11.9. The van der Waals surface area contributed by atoms with Crippen molar-refractivity contribution in [3.05, 3.63) is 256 Å². The van der Waals surface area contributed by atoms with Crippen molar-refractivity contribution in [1.29, 1.82) is 5.41 Å². The number of hydrogen-bond donors (Lipinski definition) is 1. The maximum atomic E-state index is 10.1. The monoisotopic (exact) mass is 641 g/mol. The highest BCUT2D eigenvalue weighted by Crippen LogP contribution is 2.48. The van der Waals surface area contributed by atoms with E-state index in [9.17, 15) is 5.41 Å². The van der Waals surface area contributed by atoms with Crippen LogP contribution < -0.4 is 0 Å². The molecule has 50 heavy (non-hydrogen) atoms. The van der Waals surface area contributed by atoms with E-state index in [4.69, 9.17) is 0 Å². The molecule has 0 heterocycles. The smallest absolute Gasteiger partial charge is 0.0470 e. The fourth-order valence-corrected chi connectivity index (χ4v) is 7.92. The number of benzene rings is 7. The van der Waals surface area contributed by atoms with Gasteiger partial charge in [-0.05, 0) is 56.1 Å². The van der Waals surface area contributed by atoms with Crippen LogP contribution in [0.25, 0.3) is 5.57 Å². The molecule has 7 aromatic carbocycles. The molecule has 1 atom stereocenters. The zero-order valence-corrected chi connectivity index (χ0v) is 27.9. The highest BCUT2D eigenvalue weighted by atomic mass is 14.5. The predicted molar refractivity (Wildman–Crippen MR) is 208 cm³/mol. The number of allylic oxidation sites excluding steroid dienone is 2. The molecule has 1 aliphatic carbocycles. The first-order valence-electron chi connectivity index (χ1n) is 17.5. The Morgan fingerprint density at radius 2 is 0.700 bits per heavy atom. The van der Waals surface area contributed by atoms with Gasteiger partial charge in [-0.15, -0.1) is 0 Å². The zero-order chi connectivity index (χ0) is 33.7. The third kappa shape index (κ3) is 6.15. The Morgan fingerprint density at radius 3 is 1.10 bits per heavy atom. The van der Waals surface area contributed by atoms with E-state index in [0.29, 0.717) is 5.71 Å². The van der Waals surface area contributed by atoms with Crippen LogP contribution in [0.1, 0.15) is 67.8 Å². The molecule has 1 nitrogen and oxygen atoms in total. The molecule has 8 rings (SSSR count). The van der Waals surface area contributed by atoms with E-state index in [1.54, 1.807) is 0 Å². The molecule has 0 aromatic heterocycles. The summed E-state index contributed by atoms with van der Waals surface area (Å²) in [6.45, 7) is 0. The molecule has 0 fully saturated rings. The number of nitrogens with one attached hydrogen (secondary N) is 1. The normalized spacial score (nSPS) is 14.1. The first kappa shape index (κ1) is 31.2. The standard InChI is InChI=1S/C49H39N/c50-49-44-33-41(46(35-19-7-1-8-20-35)36-21-9-2-10-22-36)31-32-42(44)43(47(37-23-11-3-12-24-37)38-25-13-4-14-26-38)34-45(49)48(39-27-15-5-16-28-39)40-29-17-6-18-30-40/h1-34,45-48,50H. The topological polar surface area (TPSA) is 23.9 Å². The molecule has 1 aliphatic rings. The highest BCUT2D eigenvalue weighted by molar-refractivity contribution is 6.09. The minimum Gasteiger partial charge on any atom is -0.304 e. The highest BCUT2D eigenvalue weighted by Gasteiger charge is 2.36. The first-order chi connectivity index (χ1) is 24.8. The molecular weight excluding hydrogens is 603 g/mol. The third-order valence-electron chi connectivity index (χ3n) is 10.2. The van der Waals surface area contributed by atoms with Gasteiger partial charge < -0.3 is 5.41 Å². The summed E-state index contributed by atoms with van der Waals surface area (Å²) < 4.78 is 0. The average Bonchev–Trinajstić information content (AvgIpc) is 3.19. The summed E-state index contributed by atoms with van der Waals surface area (Å²) in [6, 6.07) is 71.7. The minimum atomic E-state index is -0.181. The second kappa shape index (κ2) is 14.2. The van der Waals surface area contributed by atoms with E-state index in [2.05, 4.69) is 206 Å². The number of hydrogen-bond acceptors (Lipinski definition) is 1. The Morgan fingerprint density at radius 1 is 0.340 bits per heavy atom. The molecule has 1 heteroatoms. The number of rotatable bonds is 9. The van der Waals surface area contributed by atoms with Crippen LogP contribution in [0.4, 0.5) is 0 Å². The van der Waals surface area contributed by atoms with E-state index in [1.165, 1.54) is 44.5 Å². The Bertz CT molecular complexity index is 2090. The first-order valence-corrected chi connectivity index (χ1v) is 17.5. The van der Waals surface area contributed by atoms with Crippen molar-refractivity contribution in [1.82, 2.24) is 0 Å². The summed E-state index contributed by atoms with van der Waals surface area (Å²) in [5.74, 6) is -0.160. The van der Waals surface area contributed by atoms with Gasteiger partial charge in [0.05, 0.1) is 0 Å². The van der Waals surface area contributed by atoms with Gasteiger partial charge in [0, 0.05) is 34.9 Å². The molecule has 0 amide bonds. The summed E-state index contributed by atoms with van der Waals surface area (Å²) in [6.07, 6.45) is 2.42. The Balaban J connectivity index is 1.37. The molecule has 1 N–H and O–H groups in total. The van der Waals surface area contributed by atoms with E-state index in [0.717, 1.165) is 11.1 Å². The zero-order valence-electron chi connectivity index (χ0n) is 27.9. The van der Waals surface area contributed by atoms with Gasteiger partial charge in [-0.1, -0.05) is 200 Å². The van der Waals surface area contributed by atoms with Crippen LogP contribution in [0.15, 0.2) is 206 Å². The number of fused-ring (bicyclic) bond motifs is 1. The van der Waals surface area contributed by atoms with Crippen molar-refractivity contribution < 1.29 is 0 Å².